The second-order valence-corrected chi connectivity index (χ2v) is 8.90. The van der Waals surface area contributed by atoms with Gasteiger partial charge in [-0.25, -0.2) is 0 Å². The van der Waals surface area contributed by atoms with Crippen LogP contribution in [0, 0.1) is 5.41 Å². The van der Waals surface area contributed by atoms with Crippen molar-refractivity contribution in [2.75, 3.05) is 13.1 Å². The first-order valence-electron chi connectivity index (χ1n) is 10.0. The molecule has 0 bridgehead atoms. The van der Waals surface area contributed by atoms with Crippen molar-refractivity contribution in [3.63, 3.8) is 0 Å². The van der Waals surface area contributed by atoms with Gasteiger partial charge in [0, 0.05) is 32.1 Å². The highest BCUT2D eigenvalue weighted by Gasteiger charge is 2.44. The van der Waals surface area contributed by atoms with Crippen LogP contribution in [-0.4, -0.2) is 53.7 Å². The van der Waals surface area contributed by atoms with Crippen molar-refractivity contribution >= 4 is 23.6 Å². The van der Waals surface area contributed by atoms with Gasteiger partial charge in [0.15, 0.2) is 0 Å². The van der Waals surface area contributed by atoms with Crippen LogP contribution in [0.15, 0.2) is 18.2 Å². The molecule has 8 nitrogen and oxygen atoms in total. The van der Waals surface area contributed by atoms with Gasteiger partial charge in [-0.2, -0.15) is 0 Å². The van der Waals surface area contributed by atoms with Gasteiger partial charge >= 0.3 is 0 Å². The number of nitrogens with zero attached hydrogens (tertiary/aromatic N) is 1. The van der Waals surface area contributed by atoms with Gasteiger partial charge in [-0.05, 0) is 36.0 Å². The Morgan fingerprint density at radius 3 is 2.59 bits per heavy atom. The molecule has 4 rings (SSSR count). The summed E-state index contributed by atoms with van der Waals surface area (Å²) in [5.74, 6) is -1.92. The van der Waals surface area contributed by atoms with Gasteiger partial charge in [0.2, 0.25) is 11.8 Å². The molecular formula is C21H26N4O4. The average molecular weight is 398 g/mol. The molecule has 3 N–H and O–H groups in total. The molecule has 0 aromatic heterocycles. The van der Waals surface area contributed by atoms with Gasteiger partial charge in [-0.1, -0.05) is 19.9 Å². The van der Waals surface area contributed by atoms with Crippen LogP contribution in [0.25, 0.3) is 0 Å². The summed E-state index contributed by atoms with van der Waals surface area (Å²) in [6, 6.07) is 4.69. The number of carbonyl (C=O) groups excluding carboxylic acids is 4. The Morgan fingerprint density at radius 2 is 1.90 bits per heavy atom. The molecule has 2 atom stereocenters. The summed E-state index contributed by atoms with van der Waals surface area (Å²) in [6.07, 6.45) is 1.39. The molecule has 3 aliphatic heterocycles. The van der Waals surface area contributed by atoms with E-state index in [0.29, 0.717) is 29.1 Å². The van der Waals surface area contributed by atoms with Gasteiger partial charge in [0.05, 0.1) is 11.1 Å². The Hall–Kier alpha value is -2.58. The molecule has 0 saturated carbocycles. The van der Waals surface area contributed by atoms with E-state index in [0.717, 1.165) is 30.0 Å². The van der Waals surface area contributed by atoms with E-state index in [1.807, 2.05) is 6.07 Å². The molecule has 3 heterocycles. The van der Waals surface area contributed by atoms with E-state index in [9.17, 15) is 19.2 Å². The van der Waals surface area contributed by atoms with Gasteiger partial charge in [0.1, 0.15) is 6.04 Å². The van der Waals surface area contributed by atoms with Crippen molar-refractivity contribution in [1.82, 2.24) is 20.9 Å². The number of fused-ring (bicyclic) bond motifs is 1. The Labute approximate surface area is 169 Å². The Bertz CT molecular complexity index is 895. The van der Waals surface area contributed by atoms with E-state index in [4.69, 9.17) is 0 Å². The first-order valence-corrected chi connectivity index (χ1v) is 10.0. The molecule has 1 aromatic carbocycles. The zero-order valence-corrected chi connectivity index (χ0v) is 16.7. The maximum absolute atomic E-state index is 12.8. The molecule has 2 fully saturated rings. The van der Waals surface area contributed by atoms with E-state index < -0.39 is 23.8 Å². The van der Waals surface area contributed by atoms with Crippen LogP contribution in [0.2, 0.25) is 0 Å². The summed E-state index contributed by atoms with van der Waals surface area (Å²) < 4.78 is 0. The fourth-order valence-electron chi connectivity index (χ4n) is 4.40. The number of amides is 4. The normalized spacial score (nSPS) is 26.1. The van der Waals surface area contributed by atoms with Crippen molar-refractivity contribution in [3.05, 3.63) is 34.9 Å². The quantitative estimate of drug-likeness (QED) is 0.626. The van der Waals surface area contributed by atoms with Crippen LogP contribution in [-0.2, 0) is 16.1 Å². The number of rotatable bonds is 5. The first-order chi connectivity index (χ1) is 13.7. The summed E-state index contributed by atoms with van der Waals surface area (Å²) in [5, 5.41) is 9.12. The zero-order valence-electron chi connectivity index (χ0n) is 16.7. The highest BCUT2D eigenvalue weighted by atomic mass is 16.2. The van der Waals surface area contributed by atoms with Crippen LogP contribution in [0.1, 0.15) is 59.4 Å². The molecule has 29 heavy (non-hydrogen) atoms. The van der Waals surface area contributed by atoms with Crippen molar-refractivity contribution in [2.24, 2.45) is 5.41 Å². The zero-order chi connectivity index (χ0) is 20.8. The number of hydrogen-bond donors (Lipinski definition) is 3. The van der Waals surface area contributed by atoms with Crippen LogP contribution in [0.3, 0.4) is 0 Å². The van der Waals surface area contributed by atoms with Gasteiger partial charge in [-0.15, -0.1) is 0 Å². The predicted molar refractivity (Wildman–Crippen MR) is 105 cm³/mol. The second kappa shape index (κ2) is 7.35. The van der Waals surface area contributed by atoms with Crippen molar-refractivity contribution in [2.45, 2.75) is 51.7 Å². The minimum absolute atomic E-state index is 0.116. The highest BCUT2D eigenvalue weighted by molar-refractivity contribution is 6.23. The lowest BCUT2D eigenvalue weighted by atomic mass is 9.91. The molecule has 154 valence electrons. The standard InChI is InChI=1S/C21H26N4O4/c1-21(2)8-13(23-11-21)10-22-9-12-3-4-14-15(7-12)20(29)25(19(14)28)16-5-6-17(26)24-18(16)27/h3-4,7,13,16,22-23H,5-6,8-11H2,1-2H3,(H,24,26,27). The number of imide groups is 2. The first kappa shape index (κ1) is 19.7. The minimum atomic E-state index is -0.932. The summed E-state index contributed by atoms with van der Waals surface area (Å²) in [6.45, 7) is 6.92. The van der Waals surface area contributed by atoms with E-state index in [1.54, 1.807) is 12.1 Å². The van der Waals surface area contributed by atoms with E-state index in [-0.39, 0.29) is 18.7 Å². The van der Waals surface area contributed by atoms with Gasteiger partial charge in [-0.3, -0.25) is 29.4 Å². The van der Waals surface area contributed by atoms with Crippen molar-refractivity contribution in [1.29, 1.82) is 0 Å². The van der Waals surface area contributed by atoms with Crippen molar-refractivity contribution < 1.29 is 19.2 Å². The van der Waals surface area contributed by atoms with Gasteiger partial charge in [0.25, 0.3) is 11.8 Å². The lowest BCUT2D eigenvalue weighted by Gasteiger charge is -2.27. The second-order valence-electron chi connectivity index (χ2n) is 8.90. The highest BCUT2D eigenvalue weighted by Crippen LogP contribution is 2.29. The molecule has 0 spiro atoms. The SMILES string of the molecule is CC1(C)CNC(CNCc2ccc3c(c2)C(=O)N(C2CCC(=O)NC2=O)C3=O)C1. The number of hydrogen-bond acceptors (Lipinski definition) is 6. The molecule has 3 aliphatic rings. The van der Waals surface area contributed by atoms with Crippen LogP contribution in [0.5, 0.6) is 0 Å². The maximum Gasteiger partial charge on any atom is 0.262 e. The molecule has 4 amide bonds. The third-order valence-corrected chi connectivity index (χ3v) is 5.89. The molecule has 2 saturated heterocycles. The van der Waals surface area contributed by atoms with Crippen LogP contribution < -0.4 is 16.0 Å². The van der Waals surface area contributed by atoms with E-state index >= 15 is 0 Å². The summed E-state index contributed by atoms with van der Waals surface area (Å²) in [5.41, 5.74) is 1.85. The molecule has 0 radical (unpaired) electrons. The van der Waals surface area contributed by atoms with Gasteiger partial charge < -0.3 is 10.6 Å². The predicted octanol–water partition coefficient (Wildman–Crippen LogP) is 0.566. The average Bonchev–Trinajstić information content (AvgIpc) is 3.13. The van der Waals surface area contributed by atoms with Crippen LogP contribution >= 0.6 is 0 Å². The minimum Gasteiger partial charge on any atom is -0.312 e. The topological polar surface area (TPSA) is 108 Å². The number of benzene rings is 1. The summed E-state index contributed by atoms with van der Waals surface area (Å²) in [7, 11) is 0. The Balaban J connectivity index is 1.42. The number of nitrogens with one attached hydrogen (secondary N) is 3. The Morgan fingerprint density at radius 1 is 1.14 bits per heavy atom. The van der Waals surface area contributed by atoms with E-state index in [1.165, 1.54) is 0 Å². The maximum atomic E-state index is 12.8. The largest absolute Gasteiger partial charge is 0.312 e. The summed E-state index contributed by atoms with van der Waals surface area (Å²) in [4.78, 5) is 50.0. The molecular weight excluding hydrogens is 372 g/mol. The lowest BCUT2D eigenvalue weighted by molar-refractivity contribution is -0.136. The molecule has 0 aliphatic carbocycles. The lowest BCUT2D eigenvalue weighted by Crippen LogP contribution is -2.54. The smallest absolute Gasteiger partial charge is 0.262 e. The fraction of sp³-hybridized carbons (Fsp3) is 0.524. The molecule has 2 unspecified atom stereocenters. The molecule has 1 aromatic rings. The third-order valence-electron chi connectivity index (χ3n) is 5.89. The number of piperidine rings is 1. The fourth-order valence-corrected chi connectivity index (χ4v) is 4.40. The Kier molecular flexibility index (Phi) is 5.00. The van der Waals surface area contributed by atoms with Crippen molar-refractivity contribution in [3.8, 4) is 0 Å². The molecule has 8 heteroatoms. The van der Waals surface area contributed by atoms with Crippen LogP contribution in [0.4, 0.5) is 0 Å². The third kappa shape index (κ3) is 3.82. The summed E-state index contributed by atoms with van der Waals surface area (Å²) >= 11 is 0. The monoisotopic (exact) mass is 398 g/mol. The number of carbonyl (C=O) groups is 4. The van der Waals surface area contributed by atoms with E-state index in [2.05, 4.69) is 29.8 Å².